The summed E-state index contributed by atoms with van der Waals surface area (Å²) in [4.78, 5) is 3.86. The first-order valence-corrected chi connectivity index (χ1v) is 4.22. The van der Waals surface area contributed by atoms with Crippen molar-refractivity contribution in [1.29, 1.82) is 10.5 Å². The molecule has 0 aliphatic rings. The van der Waals surface area contributed by atoms with E-state index in [0.29, 0.717) is 0 Å². The number of alkyl halides is 7. The van der Waals surface area contributed by atoms with E-state index in [4.69, 9.17) is 10.5 Å². The minimum absolute atomic E-state index is 0. The Morgan fingerprint density at radius 3 is 1.75 bits per heavy atom. The van der Waals surface area contributed by atoms with E-state index in [9.17, 15) is 30.7 Å². The van der Waals surface area contributed by atoms with Gasteiger partial charge in [-0.3, -0.25) is 0 Å². The van der Waals surface area contributed by atoms with Gasteiger partial charge in [-0.25, -0.2) is 4.98 Å². The number of imidazole rings is 1. The molecule has 0 aromatic carbocycles. The zero-order valence-corrected chi connectivity index (χ0v) is 9.49. The minimum atomic E-state index is -6.52. The molecule has 20 heavy (non-hydrogen) atoms. The number of hydrogen-bond acceptors (Lipinski definition) is 3. The van der Waals surface area contributed by atoms with Crippen LogP contribution >= 0.6 is 0 Å². The van der Waals surface area contributed by atoms with Gasteiger partial charge >= 0.3 is 18.0 Å². The fourth-order valence-corrected chi connectivity index (χ4v) is 1.01. The Morgan fingerprint density at radius 2 is 1.45 bits per heavy atom. The average Bonchev–Trinajstić information content (AvgIpc) is 2.70. The number of nitrogens with zero attached hydrogens (tertiary/aromatic N) is 3. The Labute approximate surface area is 118 Å². The van der Waals surface area contributed by atoms with Crippen LogP contribution in [0, 0.1) is 22.7 Å². The number of nitriles is 2. The molecule has 1 radical (unpaired) electrons. The van der Waals surface area contributed by atoms with E-state index in [1.807, 2.05) is 0 Å². The molecular formula is C8HF7LiN4. The number of aromatic nitrogens is 2. The van der Waals surface area contributed by atoms with Crippen molar-refractivity contribution in [2.45, 2.75) is 18.0 Å². The predicted octanol–water partition coefficient (Wildman–Crippen LogP) is 2.06. The van der Waals surface area contributed by atoms with Gasteiger partial charge in [0.1, 0.15) is 12.1 Å². The van der Waals surface area contributed by atoms with Gasteiger partial charge in [-0.1, -0.05) is 0 Å². The number of H-pyrrole nitrogens is 1. The predicted molar refractivity (Wildman–Crippen MR) is 48.7 cm³/mol. The summed E-state index contributed by atoms with van der Waals surface area (Å²) >= 11 is 0. The Balaban J connectivity index is 0.00000361. The summed E-state index contributed by atoms with van der Waals surface area (Å²) < 4.78 is 87.2. The zero-order valence-electron chi connectivity index (χ0n) is 9.49. The van der Waals surface area contributed by atoms with Crippen molar-refractivity contribution < 1.29 is 30.7 Å². The monoisotopic (exact) mass is 293 g/mol. The first kappa shape index (κ1) is 18.3. The minimum Gasteiger partial charge on any atom is -0.327 e. The van der Waals surface area contributed by atoms with Crippen LogP contribution in [0.4, 0.5) is 30.7 Å². The first-order chi connectivity index (χ1) is 8.49. The Morgan fingerprint density at radius 1 is 0.950 bits per heavy atom. The second-order valence-corrected chi connectivity index (χ2v) is 3.18. The SMILES string of the molecule is N#Cc1nc(C(F)(F)C(F)(F)C(F)(F)F)[nH]c1C#N.[Li]. The van der Waals surface area contributed by atoms with Gasteiger partial charge < -0.3 is 4.98 Å². The molecule has 1 aromatic heterocycles. The molecule has 4 nitrogen and oxygen atoms in total. The zero-order chi connectivity index (χ0) is 15.1. The number of nitrogens with one attached hydrogen (secondary N) is 1. The fourth-order valence-electron chi connectivity index (χ4n) is 1.01. The van der Waals surface area contributed by atoms with Gasteiger partial charge in [0.05, 0.1) is 0 Å². The summed E-state index contributed by atoms with van der Waals surface area (Å²) in [6, 6.07) is 2.23. The molecule has 1 heterocycles. The third kappa shape index (κ3) is 2.60. The molecule has 0 unspecified atom stereocenters. The molecule has 0 amide bonds. The molecule has 0 saturated carbocycles. The van der Waals surface area contributed by atoms with Crippen molar-refractivity contribution in [3.63, 3.8) is 0 Å². The van der Waals surface area contributed by atoms with Crippen molar-refractivity contribution in [3.05, 3.63) is 17.2 Å². The maximum atomic E-state index is 13.1. The molecule has 1 N–H and O–H groups in total. The standard InChI is InChI=1S/C8HF7N4.Li/c9-6(10,7(11,12)8(13,14)15)5-18-3(1-16)4(2-17)19-5;/h(H,18,19);. The smallest absolute Gasteiger partial charge is 0.327 e. The Kier molecular flexibility index (Phi) is 4.90. The largest absolute Gasteiger partial charge is 0.460 e. The van der Waals surface area contributed by atoms with Crippen molar-refractivity contribution in [1.82, 2.24) is 9.97 Å². The number of halogens is 7. The molecule has 0 fully saturated rings. The maximum absolute atomic E-state index is 13.1. The first-order valence-electron chi connectivity index (χ1n) is 4.22. The Bertz CT molecular complexity index is 546. The van der Waals surface area contributed by atoms with Crippen LogP contribution in [0.2, 0.25) is 0 Å². The molecular weight excluding hydrogens is 292 g/mol. The molecule has 0 saturated heterocycles. The maximum Gasteiger partial charge on any atom is 0.460 e. The summed E-state index contributed by atoms with van der Waals surface area (Å²) in [5.41, 5.74) is -1.94. The van der Waals surface area contributed by atoms with Crippen LogP contribution < -0.4 is 0 Å². The van der Waals surface area contributed by atoms with Gasteiger partial charge in [0, 0.05) is 18.9 Å². The van der Waals surface area contributed by atoms with Crippen molar-refractivity contribution in [2.75, 3.05) is 0 Å². The van der Waals surface area contributed by atoms with Crippen LogP contribution in [0.15, 0.2) is 0 Å². The van der Waals surface area contributed by atoms with E-state index in [2.05, 4.69) is 4.98 Å². The molecule has 103 valence electrons. The second kappa shape index (κ2) is 5.35. The van der Waals surface area contributed by atoms with E-state index < -0.39 is 35.2 Å². The van der Waals surface area contributed by atoms with Crippen LogP contribution in [-0.4, -0.2) is 40.9 Å². The quantitative estimate of drug-likeness (QED) is 0.669. The normalized spacial score (nSPS) is 12.2. The molecule has 0 bridgehead atoms. The molecule has 0 aliphatic carbocycles. The number of aromatic amines is 1. The Hall–Kier alpha value is -1.70. The van der Waals surface area contributed by atoms with E-state index in [0.717, 1.165) is 12.1 Å². The summed E-state index contributed by atoms with van der Waals surface area (Å²) in [6.07, 6.45) is -6.52. The molecule has 0 spiro atoms. The molecule has 0 aliphatic heterocycles. The summed E-state index contributed by atoms with van der Waals surface area (Å²) in [5.74, 6) is -14.3. The van der Waals surface area contributed by atoms with E-state index in [1.165, 1.54) is 4.98 Å². The van der Waals surface area contributed by atoms with Gasteiger partial charge in [0.25, 0.3) is 0 Å². The van der Waals surface area contributed by atoms with E-state index in [1.54, 1.807) is 0 Å². The molecule has 1 rings (SSSR count). The molecule has 0 atom stereocenters. The summed E-state index contributed by atoms with van der Waals surface area (Å²) in [7, 11) is 0. The van der Waals surface area contributed by atoms with Crippen molar-refractivity contribution in [2.24, 2.45) is 0 Å². The van der Waals surface area contributed by atoms with E-state index in [-0.39, 0.29) is 18.9 Å². The van der Waals surface area contributed by atoms with Crippen LogP contribution in [0.3, 0.4) is 0 Å². The third-order valence-electron chi connectivity index (χ3n) is 1.97. The molecule has 1 aromatic rings. The van der Waals surface area contributed by atoms with Gasteiger partial charge in [-0.05, 0) is 0 Å². The van der Waals surface area contributed by atoms with E-state index >= 15 is 0 Å². The van der Waals surface area contributed by atoms with Gasteiger partial charge in [0.15, 0.2) is 17.2 Å². The van der Waals surface area contributed by atoms with Crippen LogP contribution in [0.25, 0.3) is 0 Å². The van der Waals surface area contributed by atoms with Gasteiger partial charge in [0.2, 0.25) is 0 Å². The van der Waals surface area contributed by atoms with Gasteiger partial charge in [-0.2, -0.15) is 41.3 Å². The third-order valence-corrected chi connectivity index (χ3v) is 1.97. The number of hydrogen-bond donors (Lipinski definition) is 1. The van der Waals surface area contributed by atoms with Crippen LogP contribution in [0.1, 0.15) is 17.2 Å². The fraction of sp³-hybridized carbons (Fsp3) is 0.375. The topological polar surface area (TPSA) is 76.3 Å². The number of rotatable bonds is 2. The summed E-state index contributed by atoms with van der Waals surface area (Å²) in [5, 5.41) is 16.7. The summed E-state index contributed by atoms with van der Waals surface area (Å²) in [6.45, 7) is 0. The van der Waals surface area contributed by atoms with Crippen LogP contribution in [-0.2, 0) is 5.92 Å². The molecule has 12 heteroatoms. The van der Waals surface area contributed by atoms with Crippen LogP contribution in [0.5, 0.6) is 0 Å². The second-order valence-electron chi connectivity index (χ2n) is 3.18. The van der Waals surface area contributed by atoms with Crippen molar-refractivity contribution in [3.8, 4) is 12.1 Å². The van der Waals surface area contributed by atoms with Gasteiger partial charge in [-0.15, -0.1) is 0 Å². The average molecular weight is 293 g/mol. The van der Waals surface area contributed by atoms with Crippen molar-refractivity contribution >= 4 is 18.9 Å².